The van der Waals surface area contributed by atoms with Crippen LogP contribution in [-0.2, 0) is 12.8 Å². The van der Waals surface area contributed by atoms with Gasteiger partial charge in [0.25, 0.3) is 5.89 Å². The number of rotatable bonds is 2. The van der Waals surface area contributed by atoms with Crippen LogP contribution in [0.2, 0.25) is 0 Å². The van der Waals surface area contributed by atoms with Crippen LogP contribution in [0.25, 0.3) is 11.5 Å². The molecule has 4 heteroatoms. The van der Waals surface area contributed by atoms with E-state index in [-0.39, 0.29) is 0 Å². The highest BCUT2D eigenvalue weighted by atomic mass is 16.5. The molecular formula is C16H19N3O. The number of benzene rings is 1. The van der Waals surface area contributed by atoms with Crippen LogP contribution < -0.4 is 5.32 Å². The minimum atomic E-state index is 0.399. The molecule has 1 aromatic heterocycles. The summed E-state index contributed by atoms with van der Waals surface area (Å²) in [6.07, 6.45) is 5.99. The smallest absolute Gasteiger partial charge is 0.257 e. The maximum Gasteiger partial charge on any atom is 0.257 e. The summed E-state index contributed by atoms with van der Waals surface area (Å²) in [5.74, 6) is 1.92. The van der Waals surface area contributed by atoms with Gasteiger partial charge >= 0.3 is 0 Å². The quantitative estimate of drug-likeness (QED) is 0.910. The molecule has 1 aromatic carbocycles. The third-order valence-corrected chi connectivity index (χ3v) is 4.45. The Labute approximate surface area is 118 Å². The van der Waals surface area contributed by atoms with Gasteiger partial charge in [-0.15, -0.1) is 0 Å². The van der Waals surface area contributed by atoms with E-state index < -0.39 is 0 Å². The predicted octanol–water partition coefficient (Wildman–Crippen LogP) is 2.69. The normalized spacial score (nSPS) is 21.9. The summed E-state index contributed by atoms with van der Waals surface area (Å²) < 4.78 is 5.47. The van der Waals surface area contributed by atoms with Crippen LogP contribution in [0, 0.1) is 0 Å². The first kappa shape index (κ1) is 12.1. The van der Waals surface area contributed by atoms with Gasteiger partial charge in [-0.2, -0.15) is 4.98 Å². The first-order valence-corrected chi connectivity index (χ1v) is 7.56. The van der Waals surface area contributed by atoms with E-state index in [0.29, 0.717) is 11.8 Å². The number of piperidine rings is 1. The second kappa shape index (κ2) is 5.02. The average molecular weight is 269 g/mol. The maximum atomic E-state index is 5.47. The molecule has 1 unspecified atom stereocenters. The molecule has 0 bridgehead atoms. The lowest BCUT2D eigenvalue weighted by atomic mass is 9.99. The zero-order chi connectivity index (χ0) is 13.4. The zero-order valence-corrected chi connectivity index (χ0v) is 11.6. The van der Waals surface area contributed by atoms with Gasteiger partial charge in [-0.25, -0.2) is 0 Å². The van der Waals surface area contributed by atoms with E-state index in [9.17, 15) is 0 Å². The van der Waals surface area contributed by atoms with Crippen molar-refractivity contribution < 1.29 is 4.52 Å². The van der Waals surface area contributed by atoms with E-state index >= 15 is 0 Å². The van der Waals surface area contributed by atoms with Gasteiger partial charge in [0.2, 0.25) is 0 Å². The molecule has 1 aliphatic heterocycles. The Morgan fingerprint density at radius 1 is 1.15 bits per heavy atom. The number of aromatic nitrogens is 2. The fourth-order valence-electron chi connectivity index (χ4n) is 3.30. The van der Waals surface area contributed by atoms with Gasteiger partial charge in [0.15, 0.2) is 5.82 Å². The van der Waals surface area contributed by atoms with E-state index in [4.69, 9.17) is 4.52 Å². The van der Waals surface area contributed by atoms with Crippen LogP contribution >= 0.6 is 0 Å². The largest absolute Gasteiger partial charge is 0.334 e. The van der Waals surface area contributed by atoms with Gasteiger partial charge in [0.05, 0.1) is 0 Å². The van der Waals surface area contributed by atoms with Crippen molar-refractivity contribution in [3.63, 3.8) is 0 Å². The van der Waals surface area contributed by atoms with Gasteiger partial charge in [-0.05, 0) is 61.9 Å². The summed E-state index contributed by atoms with van der Waals surface area (Å²) in [5, 5.41) is 7.58. The zero-order valence-electron chi connectivity index (χ0n) is 11.6. The van der Waals surface area contributed by atoms with Gasteiger partial charge in [-0.3, -0.25) is 0 Å². The molecular weight excluding hydrogens is 250 g/mol. The number of aryl methyl sites for hydroxylation is 2. The number of nitrogens with zero attached hydrogens (tertiary/aromatic N) is 2. The van der Waals surface area contributed by atoms with Crippen LogP contribution in [0.4, 0.5) is 0 Å². The topological polar surface area (TPSA) is 51.0 Å². The fourth-order valence-corrected chi connectivity index (χ4v) is 3.30. The minimum absolute atomic E-state index is 0.399. The fraction of sp³-hybridized carbons (Fsp3) is 0.500. The minimum Gasteiger partial charge on any atom is -0.334 e. The Balaban J connectivity index is 1.61. The molecule has 1 atom stereocenters. The van der Waals surface area contributed by atoms with Crippen LogP contribution in [0.5, 0.6) is 0 Å². The summed E-state index contributed by atoms with van der Waals surface area (Å²) in [7, 11) is 0. The Kier molecular flexibility index (Phi) is 3.03. The number of nitrogens with one attached hydrogen (secondary N) is 1. The summed E-state index contributed by atoms with van der Waals surface area (Å²) in [5.41, 5.74) is 3.99. The molecule has 104 valence electrons. The molecule has 1 N–H and O–H groups in total. The van der Waals surface area contributed by atoms with Crippen molar-refractivity contribution in [3.8, 4) is 11.5 Å². The van der Waals surface area contributed by atoms with Crippen LogP contribution in [0.15, 0.2) is 22.7 Å². The molecule has 20 heavy (non-hydrogen) atoms. The molecule has 4 nitrogen and oxygen atoms in total. The van der Waals surface area contributed by atoms with Gasteiger partial charge < -0.3 is 9.84 Å². The highest BCUT2D eigenvalue weighted by Crippen LogP contribution is 2.28. The second-order valence-electron chi connectivity index (χ2n) is 5.84. The number of fused-ring (bicyclic) bond motifs is 1. The third-order valence-electron chi connectivity index (χ3n) is 4.45. The van der Waals surface area contributed by atoms with E-state index in [1.807, 2.05) is 0 Å². The molecule has 0 radical (unpaired) electrons. The molecule has 4 rings (SSSR count). The lowest BCUT2D eigenvalue weighted by molar-refractivity contribution is 0.393. The van der Waals surface area contributed by atoms with Crippen molar-refractivity contribution in [1.29, 1.82) is 0 Å². The van der Waals surface area contributed by atoms with E-state index in [1.54, 1.807) is 0 Å². The summed E-state index contributed by atoms with van der Waals surface area (Å²) in [6, 6.07) is 6.54. The van der Waals surface area contributed by atoms with Gasteiger partial charge in [0.1, 0.15) is 0 Å². The van der Waals surface area contributed by atoms with E-state index in [2.05, 4.69) is 33.7 Å². The molecule has 2 aromatic rings. The molecule has 2 heterocycles. The lowest BCUT2D eigenvalue weighted by Crippen LogP contribution is -2.28. The molecule has 1 aliphatic carbocycles. The van der Waals surface area contributed by atoms with Crippen LogP contribution in [-0.4, -0.2) is 23.2 Å². The monoisotopic (exact) mass is 269 g/mol. The second-order valence-corrected chi connectivity index (χ2v) is 5.84. The predicted molar refractivity (Wildman–Crippen MR) is 76.6 cm³/mol. The van der Waals surface area contributed by atoms with Gasteiger partial charge in [0, 0.05) is 18.0 Å². The van der Waals surface area contributed by atoms with E-state index in [1.165, 1.54) is 36.8 Å². The first-order chi connectivity index (χ1) is 9.90. The SMILES string of the molecule is c1cc2c(cc1-c1nc(C3CCCNC3)no1)CCC2. The molecule has 0 amide bonds. The molecule has 0 spiro atoms. The van der Waals surface area contributed by atoms with Crippen LogP contribution in [0.1, 0.15) is 42.1 Å². The summed E-state index contributed by atoms with van der Waals surface area (Å²) in [4.78, 5) is 4.61. The maximum absolute atomic E-state index is 5.47. The standard InChI is InChI=1S/C16H19N3O/c1-3-11-6-7-13(9-12(11)4-1)16-18-15(19-20-16)14-5-2-8-17-10-14/h6-7,9,14,17H,1-5,8,10H2. The molecule has 0 saturated carbocycles. The summed E-state index contributed by atoms with van der Waals surface area (Å²) in [6.45, 7) is 2.06. The Bertz CT molecular complexity index is 614. The van der Waals surface area contributed by atoms with Gasteiger partial charge in [-0.1, -0.05) is 11.2 Å². The summed E-state index contributed by atoms with van der Waals surface area (Å²) >= 11 is 0. The Morgan fingerprint density at radius 2 is 2.10 bits per heavy atom. The van der Waals surface area contributed by atoms with Crippen LogP contribution in [0.3, 0.4) is 0 Å². The van der Waals surface area contributed by atoms with Crippen molar-refractivity contribution in [2.24, 2.45) is 0 Å². The van der Waals surface area contributed by atoms with Crippen molar-refractivity contribution in [3.05, 3.63) is 35.2 Å². The number of hydrogen-bond acceptors (Lipinski definition) is 4. The van der Waals surface area contributed by atoms with E-state index in [0.717, 1.165) is 30.9 Å². The molecule has 1 fully saturated rings. The third kappa shape index (κ3) is 2.14. The highest BCUT2D eigenvalue weighted by molar-refractivity contribution is 5.56. The first-order valence-electron chi connectivity index (χ1n) is 7.56. The van der Waals surface area contributed by atoms with Crippen molar-refractivity contribution in [2.75, 3.05) is 13.1 Å². The average Bonchev–Trinajstić information content (AvgIpc) is 3.16. The van der Waals surface area contributed by atoms with Crippen molar-refractivity contribution in [2.45, 2.75) is 38.0 Å². The number of hydrogen-bond donors (Lipinski definition) is 1. The Hall–Kier alpha value is -1.68. The highest BCUT2D eigenvalue weighted by Gasteiger charge is 2.21. The molecule has 1 saturated heterocycles. The lowest BCUT2D eigenvalue weighted by Gasteiger charge is -2.19. The molecule has 2 aliphatic rings. The Morgan fingerprint density at radius 3 is 3.00 bits per heavy atom. The van der Waals surface area contributed by atoms with Crippen molar-refractivity contribution in [1.82, 2.24) is 15.5 Å². The van der Waals surface area contributed by atoms with Crippen molar-refractivity contribution >= 4 is 0 Å².